The van der Waals surface area contributed by atoms with Gasteiger partial charge in [0.25, 0.3) is 0 Å². The van der Waals surface area contributed by atoms with Crippen LogP contribution in [0.3, 0.4) is 0 Å². The maximum absolute atomic E-state index is 8.69. The topological polar surface area (TPSA) is 48.7 Å². The molecule has 1 atom stereocenters. The largest absolute Gasteiger partial charge is 0.317 e. The summed E-state index contributed by atoms with van der Waals surface area (Å²) in [5.41, 5.74) is 1.57. The van der Waals surface area contributed by atoms with Crippen LogP contribution in [0.5, 0.6) is 0 Å². The van der Waals surface area contributed by atoms with Crippen LogP contribution >= 0.6 is 0 Å². The summed E-state index contributed by atoms with van der Waals surface area (Å²) in [4.78, 5) is 3.98. The van der Waals surface area contributed by atoms with Crippen molar-refractivity contribution in [2.24, 2.45) is 0 Å². The Morgan fingerprint density at radius 3 is 3.07 bits per heavy atom. The number of nitrogens with zero attached hydrogens (tertiary/aromatic N) is 2. The molecule has 0 aliphatic carbocycles. The minimum Gasteiger partial charge on any atom is -0.317 e. The van der Waals surface area contributed by atoms with E-state index >= 15 is 0 Å². The zero-order valence-corrected chi connectivity index (χ0v) is 9.07. The molecule has 0 saturated carbocycles. The van der Waals surface area contributed by atoms with Crippen LogP contribution in [0.25, 0.3) is 6.08 Å². The summed E-state index contributed by atoms with van der Waals surface area (Å²) >= 11 is 0. The number of aromatic nitrogens is 1. The van der Waals surface area contributed by atoms with Gasteiger partial charge >= 0.3 is 0 Å². The van der Waals surface area contributed by atoms with Crippen LogP contribution in [0, 0.1) is 11.3 Å². The van der Waals surface area contributed by atoms with E-state index in [1.165, 1.54) is 0 Å². The SMILES string of the molecule is CNC(C)CC=Cc1cncc(C#N)c1. The number of rotatable bonds is 4. The van der Waals surface area contributed by atoms with Crippen molar-refractivity contribution in [2.45, 2.75) is 19.4 Å². The molecule has 1 heterocycles. The van der Waals surface area contributed by atoms with Gasteiger partial charge in [-0.15, -0.1) is 0 Å². The summed E-state index contributed by atoms with van der Waals surface area (Å²) in [6, 6.07) is 4.36. The van der Waals surface area contributed by atoms with Crippen molar-refractivity contribution in [3.63, 3.8) is 0 Å². The molecule has 0 fully saturated rings. The maximum Gasteiger partial charge on any atom is 0.101 e. The first-order chi connectivity index (χ1) is 7.26. The van der Waals surface area contributed by atoms with Gasteiger partial charge in [0.15, 0.2) is 0 Å². The van der Waals surface area contributed by atoms with Crippen molar-refractivity contribution < 1.29 is 0 Å². The molecule has 0 bridgehead atoms. The summed E-state index contributed by atoms with van der Waals surface area (Å²) < 4.78 is 0. The minimum atomic E-state index is 0.466. The molecule has 0 aliphatic heterocycles. The predicted molar refractivity (Wildman–Crippen MR) is 61.1 cm³/mol. The number of nitrogens with one attached hydrogen (secondary N) is 1. The van der Waals surface area contributed by atoms with Crippen molar-refractivity contribution in [3.8, 4) is 6.07 Å². The molecule has 1 N–H and O–H groups in total. The Morgan fingerprint density at radius 1 is 1.60 bits per heavy atom. The van der Waals surface area contributed by atoms with Gasteiger partial charge in [0.05, 0.1) is 5.56 Å². The Bertz CT molecular complexity index is 377. The van der Waals surface area contributed by atoms with E-state index in [0.29, 0.717) is 11.6 Å². The fourth-order valence-electron chi connectivity index (χ4n) is 1.14. The molecule has 0 spiro atoms. The lowest BCUT2D eigenvalue weighted by atomic mass is 10.1. The van der Waals surface area contributed by atoms with Gasteiger partial charge in [-0.2, -0.15) is 5.26 Å². The second-order valence-corrected chi connectivity index (χ2v) is 3.45. The summed E-state index contributed by atoms with van der Waals surface area (Å²) in [5.74, 6) is 0. The molecule has 0 saturated heterocycles. The Hall–Kier alpha value is -1.66. The van der Waals surface area contributed by atoms with Crippen molar-refractivity contribution in [1.82, 2.24) is 10.3 Å². The van der Waals surface area contributed by atoms with Gasteiger partial charge in [0.1, 0.15) is 6.07 Å². The Labute approximate surface area is 90.5 Å². The van der Waals surface area contributed by atoms with Gasteiger partial charge in [0, 0.05) is 18.4 Å². The molecule has 15 heavy (non-hydrogen) atoms. The molecule has 3 heteroatoms. The molecule has 1 rings (SSSR count). The molecule has 1 unspecified atom stereocenters. The van der Waals surface area contributed by atoms with Crippen LogP contribution in [-0.2, 0) is 0 Å². The van der Waals surface area contributed by atoms with Crippen LogP contribution in [0.15, 0.2) is 24.5 Å². The quantitative estimate of drug-likeness (QED) is 0.810. The zero-order chi connectivity index (χ0) is 11.1. The summed E-state index contributed by atoms with van der Waals surface area (Å²) in [5, 5.41) is 11.8. The molecule has 78 valence electrons. The third-order valence-corrected chi connectivity index (χ3v) is 2.18. The van der Waals surface area contributed by atoms with Gasteiger partial charge < -0.3 is 5.32 Å². The van der Waals surface area contributed by atoms with Gasteiger partial charge in [-0.1, -0.05) is 12.2 Å². The second-order valence-electron chi connectivity index (χ2n) is 3.45. The first-order valence-electron chi connectivity index (χ1n) is 4.95. The lowest BCUT2D eigenvalue weighted by Crippen LogP contribution is -2.19. The fraction of sp³-hybridized carbons (Fsp3) is 0.333. The molecule has 0 aromatic carbocycles. The molecular formula is C12H15N3. The van der Waals surface area contributed by atoms with Crippen LogP contribution in [0.4, 0.5) is 0 Å². The van der Waals surface area contributed by atoms with Crippen molar-refractivity contribution in [2.75, 3.05) is 7.05 Å². The maximum atomic E-state index is 8.69. The number of hydrogen-bond donors (Lipinski definition) is 1. The van der Waals surface area contributed by atoms with Gasteiger partial charge in [-0.3, -0.25) is 4.98 Å². The third kappa shape index (κ3) is 3.92. The predicted octanol–water partition coefficient (Wildman–Crippen LogP) is 1.96. The average Bonchev–Trinajstić information content (AvgIpc) is 2.29. The normalized spacial score (nSPS) is 12.6. The zero-order valence-electron chi connectivity index (χ0n) is 9.07. The summed E-state index contributed by atoms with van der Waals surface area (Å²) in [6.45, 7) is 2.12. The molecule has 0 amide bonds. The molecule has 1 aromatic heterocycles. The van der Waals surface area contributed by atoms with E-state index in [9.17, 15) is 0 Å². The van der Waals surface area contributed by atoms with Crippen LogP contribution in [0.2, 0.25) is 0 Å². The molecule has 1 aromatic rings. The summed E-state index contributed by atoms with van der Waals surface area (Å²) in [6.07, 6.45) is 8.35. The van der Waals surface area contributed by atoms with E-state index in [1.54, 1.807) is 12.4 Å². The molecule has 0 radical (unpaired) electrons. The highest BCUT2D eigenvalue weighted by Crippen LogP contribution is 2.04. The summed E-state index contributed by atoms with van der Waals surface area (Å²) in [7, 11) is 1.94. The highest BCUT2D eigenvalue weighted by Gasteiger charge is 1.94. The average molecular weight is 201 g/mol. The van der Waals surface area contributed by atoms with E-state index in [1.807, 2.05) is 19.2 Å². The highest BCUT2D eigenvalue weighted by molar-refractivity contribution is 5.50. The Kier molecular flexibility index (Phi) is 4.52. The second kappa shape index (κ2) is 5.94. The van der Waals surface area contributed by atoms with Gasteiger partial charge in [-0.25, -0.2) is 0 Å². The first kappa shape index (κ1) is 11.4. The standard InChI is InChI=1S/C12H15N3/c1-10(14-2)4-3-5-11-6-12(7-13)9-15-8-11/h3,5-6,8-10,14H,4H2,1-2H3. The third-order valence-electron chi connectivity index (χ3n) is 2.18. The van der Waals surface area contributed by atoms with Gasteiger partial charge in [-0.05, 0) is 32.0 Å². The van der Waals surface area contributed by atoms with E-state index in [4.69, 9.17) is 5.26 Å². The Morgan fingerprint density at radius 2 is 2.40 bits per heavy atom. The first-order valence-corrected chi connectivity index (χ1v) is 4.95. The lowest BCUT2D eigenvalue weighted by molar-refractivity contribution is 0.621. The van der Waals surface area contributed by atoms with Crippen molar-refractivity contribution in [1.29, 1.82) is 5.26 Å². The van der Waals surface area contributed by atoms with Crippen LogP contribution < -0.4 is 5.32 Å². The molecule has 0 aliphatic rings. The van der Waals surface area contributed by atoms with E-state index in [2.05, 4.69) is 29.4 Å². The fourth-order valence-corrected chi connectivity index (χ4v) is 1.14. The molecular weight excluding hydrogens is 186 g/mol. The monoisotopic (exact) mass is 201 g/mol. The van der Waals surface area contributed by atoms with Gasteiger partial charge in [0.2, 0.25) is 0 Å². The van der Waals surface area contributed by atoms with E-state index in [-0.39, 0.29) is 0 Å². The molecule has 3 nitrogen and oxygen atoms in total. The smallest absolute Gasteiger partial charge is 0.101 e. The highest BCUT2D eigenvalue weighted by atomic mass is 14.8. The van der Waals surface area contributed by atoms with Crippen LogP contribution in [0.1, 0.15) is 24.5 Å². The van der Waals surface area contributed by atoms with Crippen molar-refractivity contribution in [3.05, 3.63) is 35.7 Å². The number of hydrogen-bond acceptors (Lipinski definition) is 3. The number of nitriles is 1. The van der Waals surface area contributed by atoms with E-state index in [0.717, 1.165) is 12.0 Å². The minimum absolute atomic E-state index is 0.466. The Balaban J connectivity index is 2.61. The lowest BCUT2D eigenvalue weighted by Gasteiger charge is -2.04. The van der Waals surface area contributed by atoms with Crippen LogP contribution in [-0.4, -0.2) is 18.1 Å². The number of pyridine rings is 1. The van der Waals surface area contributed by atoms with E-state index < -0.39 is 0 Å². The van der Waals surface area contributed by atoms with Crippen molar-refractivity contribution >= 4 is 6.08 Å².